The summed E-state index contributed by atoms with van der Waals surface area (Å²) >= 11 is 0. The Morgan fingerprint density at radius 1 is 0.730 bits per heavy atom. The van der Waals surface area contributed by atoms with Gasteiger partial charge in [-0.25, -0.2) is 0 Å². The summed E-state index contributed by atoms with van der Waals surface area (Å²) < 4.78 is 0. The van der Waals surface area contributed by atoms with E-state index in [1.54, 1.807) is 0 Å². The van der Waals surface area contributed by atoms with Crippen LogP contribution >= 0.6 is 0 Å². The van der Waals surface area contributed by atoms with Gasteiger partial charge in [-0.2, -0.15) is 0 Å². The zero-order valence-electron chi connectivity index (χ0n) is 23.2. The van der Waals surface area contributed by atoms with Gasteiger partial charge in [0.15, 0.2) is 0 Å². The van der Waals surface area contributed by atoms with Crippen molar-refractivity contribution in [2.75, 3.05) is 0 Å². The number of fused-ring (bicyclic) bond motifs is 1. The summed E-state index contributed by atoms with van der Waals surface area (Å²) in [6.07, 6.45) is 10.7. The third kappa shape index (κ3) is 3.91. The SMILES string of the molecule is CC1=C/C(=C2\C(=O)C(c3cc(C)c4cc(C(C)C)ccc(C)c3-4)=C2O)C2=C1/C=C(C(C)C)\C=C/C=C2C. The molecule has 0 aromatic heterocycles. The van der Waals surface area contributed by atoms with E-state index >= 15 is 0 Å². The number of aliphatic hydroxyl groups is 1. The molecule has 0 atom stereocenters. The van der Waals surface area contributed by atoms with Crippen molar-refractivity contribution in [1.82, 2.24) is 0 Å². The van der Waals surface area contributed by atoms with Crippen molar-refractivity contribution >= 4 is 11.4 Å². The second-order valence-electron chi connectivity index (χ2n) is 11.3. The Labute approximate surface area is 221 Å². The standard InChI is InChI=1S/C35H36O2/c1-18(2)24-11-9-10-20(5)30-26(16-24)22(7)14-28(30)32-34(36)33(35(32)37)29-15-23(8)27-17-25(19(3)4)13-12-21(6)31(27)29/h9-19,36H,1-8H3/b10-9?,11-9-,20-10?,24-11?,24-16+,26-16?,30-20?,32-28+. The number of aryl methyl sites for hydroxylation is 2. The van der Waals surface area contributed by atoms with Crippen molar-refractivity contribution in [1.29, 1.82) is 0 Å². The van der Waals surface area contributed by atoms with Crippen LogP contribution in [0.5, 0.6) is 0 Å². The maximum absolute atomic E-state index is 13.8. The number of aliphatic hydroxyl groups excluding tert-OH is 1. The fourth-order valence-electron chi connectivity index (χ4n) is 5.77. The molecule has 37 heavy (non-hydrogen) atoms. The predicted octanol–water partition coefficient (Wildman–Crippen LogP) is 9.04. The molecule has 1 N–H and O–H groups in total. The van der Waals surface area contributed by atoms with Crippen LogP contribution in [-0.2, 0) is 4.79 Å². The Bertz CT molecular complexity index is 1550. The smallest absolute Gasteiger partial charge is 0.201 e. The molecule has 5 rings (SSSR count). The molecule has 0 heterocycles. The second-order valence-corrected chi connectivity index (χ2v) is 11.3. The molecule has 188 valence electrons. The first-order valence-electron chi connectivity index (χ1n) is 13.3. The molecule has 0 bridgehead atoms. The highest BCUT2D eigenvalue weighted by Gasteiger charge is 2.41. The first-order chi connectivity index (χ1) is 17.5. The van der Waals surface area contributed by atoms with Gasteiger partial charge in [0.05, 0.1) is 11.1 Å². The van der Waals surface area contributed by atoms with Gasteiger partial charge in [0, 0.05) is 0 Å². The van der Waals surface area contributed by atoms with Gasteiger partial charge < -0.3 is 5.11 Å². The number of carbonyl (C=O) groups excluding carboxylic acids is 1. The summed E-state index contributed by atoms with van der Waals surface area (Å²) in [7, 11) is 0. The average molecular weight is 489 g/mol. The summed E-state index contributed by atoms with van der Waals surface area (Å²) in [6.45, 7) is 17.1. The molecular formula is C35H36O2. The number of Topliss-reactive ketones (excluding diaryl/α,β-unsaturated/α-hetero) is 1. The molecule has 0 aromatic rings. The molecule has 0 aromatic carbocycles. The van der Waals surface area contributed by atoms with E-state index in [2.05, 4.69) is 110 Å². The Morgan fingerprint density at radius 2 is 1.46 bits per heavy atom. The molecule has 5 aliphatic carbocycles. The summed E-state index contributed by atoms with van der Waals surface area (Å²) in [5.41, 5.74) is 13.9. The lowest BCUT2D eigenvalue weighted by molar-refractivity contribution is -0.111. The summed E-state index contributed by atoms with van der Waals surface area (Å²) in [5, 5.41) is 11.4. The molecule has 0 spiro atoms. The van der Waals surface area contributed by atoms with Gasteiger partial charge in [0.2, 0.25) is 5.78 Å². The minimum absolute atomic E-state index is 0.0781. The molecule has 0 unspecified atom stereocenters. The van der Waals surface area contributed by atoms with Crippen LogP contribution in [-0.4, -0.2) is 10.9 Å². The van der Waals surface area contributed by atoms with Crippen LogP contribution in [0.3, 0.4) is 0 Å². The van der Waals surface area contributed by atoms with Crippen LogP contribution in [0.1, 0.15) is 69.7 Å². The van der Waals surface area contributed by atoms with Gasteiger partial charge in [0.25, 0.3) is 0 Å². The third-order valence-corrected chi connectivity index (χ3v) is 8.02. The van der Waals surface area contributed by atoms with E-state index in [1.165, 1.54) is 11.1 Å². The highest BCUT2D eigenvalue weighted by molar-refractivity contribution is 6.40. The van der Waals surface area contributed by atoms with Crippen molar-refractivity contribution in [2.45, 2.75) is 61.3 Å². The third-order valence-electron chi connectivity index (χ3n) is 8.02. The number of allylic oxidation sites excluding steroid dienone is 13. The first-order valence-corrected chi connectivity index (χ1v) is 13.3. The molecule has 0 amide bonds. The molecule has 5 aliphatic rings. The van der Waals surface area contributed by atoms with E-state index < -0.39 is 0 Å². The quantitative estimate of drug-likeness (QED) is 0.438. The van der Waals surface area contributed by atoms with Crippen LogP contribution in [0.15, 0.2) is 99.4 Å². The van der Waals surface area contributed by atoms with Crippen LogP contribution in [0, 0.1) is 19.8 Å². The molecule has 0 saturated carbocycles. The van der Waals surface area contributed by atoms with Crippen molar-refractivity contribution in [3.05, 3.63) is 122 Å². The van der Waals surface area contributed by atoms with E-state index in [9.17, 15) is 9.90 Å². The highest BCUT2D eigenvalue weighted by Crippen LogP contribution is 2.49. The molecule has 0 aliphatic heterocycles. The fourth-order valence-corrected chi connectivity index (χ4v) is 5.77. The Balaban J connectivity index is 1.70. The van der Waals surface area contributed by atoms with Crippen LogP contribution in [0.4, 0.5) is 0 Å². The lowest BCUT2D eigenvalue weighted by Gasteiger charge is -2.25. The van der Waals surface area contributed by atoms with Gasteiger partial charge in [-0.05, 0) is 118 Å². The fraction of sp³-hybridized carbons (Fsp3) is 0.286. The first kappa shape index (κ1) is 25.0. The van der Waals surface area contributed by atoms with Crippen molar-refractivity contribution in [3.63, 3.8) is 0 Å². The lowest BCUT2D eigenvalue weighted by atomic mass is 9.78. The van der Waals surface area contributed by atoms with Crippen LogP contribution in [0.2, 0.25) is 0 Å². The molecule has 0 fully saturated rings. The van der Waals surface area contributed by atoms with Crippen LogP contribution in [0.25, 0.3) is 16.7 Å². The zero-order valence-corrected chi connectivity index (χ0v) is 23.2. The monoisotopic (exact) mass is 488 g/mol. The number of hydrogen-bond donors (Lipinski definition) is 1. The van der Waals surface area contributed by atoms with E-state index in [0.717, 1.165) is 55.7 Å². The summed E-state index contributed by atoms with van der Waals surface area (Å²) in [4.78, 5) is 13.8. The van der Waals surface area contributed by atoms with E-state index in [1.807, 2.05) is 0 Å². The predicted molar refractivity (Wildman–Crippen MR) is 155 cm³/mol. The molecule has 2 nitrogen and oxygen atoms in total. The molecular weight excluding hydrogens is 452 g/mol. The molecule has 0 radical (unpaired) electrons. The van der Waals surface area contributed by atoms with E-state index in [4.69, 9.17) is 0 Å². The zero-order chi connectivity index (χ0) is 26.8. The van der Waals surface area contributed by atoms with Crippen molar-refractivity contribution in [2.24, 2.45) is 5.92 Å². The maximum Gasteiger partial charge on any atom is 0.201 e. The van der Waals surface area contributed by atoms with Gasteiger partial charge in [-0.3, -0.25) is 4.79 Å². The highest BCUT2D eigenvalue weighted by atomic mass is 16.3. The Kier molecular flexibility index (Phi) is 6.10. The maximum atomic E-state index is 13.8. The number of rotatable bonds is 3. The molecule has 2 heteroatoms. The summed E-state index contributed by atoms with van der Waals surface area (Å²) in [6, 6.07) is 8.61. The summed E-state index contributed by atoms with van der Waals surface area (Å²) in [5.74, 6) is 0.826. The number of hydrogen-bond acceptors (Lipinski definition) is 2. The minimum Gasteiger partial charge on any atom is -0.506 e. The van der Waals surface area contributed by atoms with Gasteiger partial charge in [-0.1, -0.05) is 70.2 Å². The number of carbonyl (C=O) groups is 1. The van der Waals surface area contributed by atoms with Gasteiger partial charge >= 0.3 is 0 Å². The van der Waals surface area contributed by atoms with Crippen molar-refractivity contribution < 1.29 is 9.90 Å². The number of ketones is 1. The lowest BCUT2D eigenvalue weighted by Crippen LogP contribution is -2.23. The Hall–Kier alpha value is -3.65. The van der Waals surface area contributed by atoms with Crippen LogP contribution < -0.4 is 0 Å². The Morgan fingerprint density at radius 3 is 2.11 bits per heavy atom. The topological polar surface area (TPSA) is 37.3 Å². The van der Waals surface area contributed by atoms with Gasteiger partial charge in [0.1, 0.15) is 5.76 Å². The van der Waals surface area contributed by atoms with E-state index in [-0.39, 0.29) is 11.5 Å². The van der Waals surface area contributed by atoms with E-state index in [0.29, 0.717) is 23.0 Å². The largest absolute Gasteiger partial charge is 0.506 e. The molecule has 0 saturated heterocycles. The van der Waals surface area contributed by atoms with Gasteiger partial charge in [-0.15, -0.1) is 0 Å². The average Bonchev–Trinajstić information content (AvgIpc) is 3.21. The second kappa shape index (κ2) is 9.03. The minimum atomic E-state index is -0.0781. The van der Waals surface area contributed by atoms with Crippen molar-refractivity contribution in [3.8, 4) is 11.1 Å². The normalized spacial score (nSPS) is 22.1.